The third kappa shape index (κ3) is 1.54. The van der Waals surface area contributed by atoms with Crippen LogP contribution in [-0.4, -0.2) is 25.7 Å². The lowest BCUT2D eigenvalue weighted by molar-refractivity contribution is -0.142. The van der Waals surface area contributed by atoms with Gasteiger partial charge in [0.1, 0.15) is 0 Å². The number of nitrogens with zero attached hydrogens (tertiary/aromatic N) is 3. The highest BCUT2D eigenvalue weighted by Crippen LogP contribution is 2.42. The molecule has 7 nitrogen and oxygen atoms in total. The zero-order chi connectivity index (χ0) is 15.4. The number of carboxylic acids is 1. The van der Waals surface area contributed by atoms with Crippen LogP contribution in [-0.2, 0) is 4.79 Å². The van der Waals surface area contributed by atoms with Crippen molar-refractivity contribution in [2.24, 2.45) is 5.84 Å². The van der Waals surface area contributed by atoms with E-state index in [-0.39, 0.29) is 0 Å². The van der Waals surface area contributed by atoms with E-state index in [0.717, 1.165) is 28.6 Å². The molecule has 0 bridgehead atoms. The fraction of sp³-hybridized carbons (Fsp3) is 0.200. The lowest BCUT2D eigenvalue weighted by Crippen LogP contribution is -2.39. The third-order valence-electron chi connectivity index (χ3n) is 4.29. The van der Waals surface area contributed by atoms with Crippen molar-refractivity contribution in [1.82, 2.24) is 14.7 Å². The quantitative estimate of drug-likeness (QED) is 0.680. The number of nitrogen functional groups attached to an aromatic ring is 1. The molecule has 1 atom stereocenters. The summed E-state index contributed by atoms with van der Waals surface area (Å²) >= 11 is 0. The molecule has 7 heteroatoms. The number of aromatic nitrogens is 2. The van der Waals surface area contributed by atoms with Crippen molar-refractivity contribution >= 4 is 22.6 Å². The summed E-state index contributed by atoms with van der Waals surface area (Å²) in [6.45, 7) is 0. The number of fused-ring (bicyclic) bond motifs is 1. The SMILES string of the molecule is NN1C2=C(C=CCC2)c2ccnc3c2c(cn3N)C1C(=O)O. The fourth-order valence-corrected chi connectivity index (χ4v) is 3.36. The molecular formula is C15H15N5O2. The van der Waals surface area contributed by atoms with Crippen LogP contribution in [0.25, 0.3) is 16.6 Å². The number of pyridine rings is 1. The number of hydrazine groups is 1. The normalized spacial score (nSPS) is 20.2. The monoisotopic (exact) mass is 297 g/mol. The maximum atomic E-state index is 11.8. The van der Waals surface area contributed by atoms with Gasteiger partial charge in [0, 0.05) is 34.6 Å². The lowest BCUT2D eigenvalue weighted by atomic mass is 9.95. The molecule has 0 radical (unpaired) electrons. The number of hydrogen-bond acceptors (Lipinski definition) is 5. The number of rotatable bonds is 1. The van der Waals surface area contributed by atoms with Gasteiger partial charge in [0.05, 0.1) is 0 Å². The first-order valence-corrected chi connectivity index (χ1v) is 7.01. The van der Waals surface area contributed by atoms with Crippen molar-refractivity contribution in [2.75, 3.05) is 5.84 Å². The van der Waals surface area contributed by atoms with Crippen LogP contribution in [0.3, 0.4) is 0 Å². The minimum atomic E-state index is -1.01. The predicted molar refractivity (Wildman–Crippen MR) is 81.6 cm³/mol. The number of carbonyl (C=O) groups is 1. The molecule has 0 spiro atoms. The molecule has 0 amide bonds. The standard InChI is InChI=1S/C15H15N5O2/c16-19-7-10-12-9(5-6-18-14(12)19)8-3-1-2-4-11(8)20(17)13(10)15(21)22/h1,3,5-7,13H,2,4,16-17H2,(H,21,22). The fourth-order valence-electron chi connectivity index (χ4n) is 3.36. The number of aliphatic carboxylic acids is 1. The van der Waals surface area contributed by atoms with E-state index in [0.29, 0.717) is 17.6 Å². The minimum Gasteiger partial charge on any atom is -0.479 e. The van der Waals surface area contributed by atoms with Gasteiger partial charge in [0.2, 0.25) is 0 Å². The molecule has 2 aromatic heterocycles. The number of hydrogen-bond donors (Lipinski definition) is 3. The molecule has 1 aliphatic carbocycles. The average molecular weight is 297 g/mol. The molecule has 0 aromatic carbocycles. The van der Waals surface area contributed by atoms with E-state index in [1.54, 1.807) is 12.4 Å². The molecule has 5 N–H and O–H groups in total. The van der Waals surface area contributed by atoms with Crippen molar-refractivity contribution in [2.45, 2.75) is 18.9 Å². The van der Waals surface area contributed by atoms with E-state index < -0.39 is 12.0 Å². The molecule has 0 fully saturated rings. The summed E-state index contributed by atoms with van der Waals surface area (Å²) in [7, 11) is 0. The molecular weight excluding hydrogens is 282 g/mol. The second kappa shape index (κ2) is 4.35. The molecule has 2 aromatic rings. The topological polar surface area (TPSA) is 110 Å². The van der Waals surface area contributed by atoms with Crippen LogP contribution in [0.5, 0.6) is 0 Å². The second-order valence-corrected chi connectivity index (χ2v) is 5.50. The van der Waals surface area contributed by atoms with Gasteiger partial charge in [0.25, 0.3) is 0 Å². The van der Waals surface area contributed by atoms with Crippen LogP contribution < -0.4 is 11.7 Å². The Morgan fingerprint density at radius 3 is 3.00 bits per heavy atom. The van der Waals surface area contributed by atoms with Crippen molar-refractivity contribution < 1.29 is 9.90 Å². The molecule has 22 heavy (non-hydrogen) atoms. The van der Waals surface area contributed by atoms with Gasteiger partial charge < -0.3 is 10.9 Å². The predicted octanol–water partition coefficient (Wildman–Crippen LogP) is 1.13. The van der Waals surface area contributed by atoms with Crippen LogP contribution in [0.15, 0.2) is 36.3 Å². The Hall–Kier alpha value is -2.80. The Labute approximate surface area is 126 Å². The van der Waals surface area contributed by atoms with Crippen LogP contribution in [0.1, 0.15) is 30.0 Å². The number of nitrogens with two attached hydrogens (primary N) is 2. The van der Waals surface area contributed by atoms with E-state index in [4.69, 9.17) is 11.7 Å². The Morgan fingerprint density at radius 2 is 2.23 bits per heavy atom. The highest BCUT2D eigenvalue weighted by Gasteiger charge is 2.35. The molecule has 1 aliphatic heterocycles. The van der Waals surface area contributed by atoms with Gasteiger partial charge in [0.15, 0.2) is 11.7 Å². The van der Waals surface area contributed by atoms with Gasteiger partial charge in [-0.1, -0.05) is 12.2 Å². The number of carboxylic acid groups (broad SMARTS) is 1. The third-order valence-corrected chi connectivity index (χ3v) is 4.29. The Bertz CT molecular complexity index is 864. The summed E-state index contributed by atoms with van der Waals surface area (Å²) in [4.78, 5) is 16.1. The highest BCUT2D eigenvalue weighted by molar-refractivity contribution is 6.00. The summed E-state index contributed by atoms with van der Waals surface area (Å²) < 4.78 is 1.36. The first kappa shape index (κ1) is 12.9. The average Bonchev–Trinajstić information content (AvgIpc) is 2.79. The molecule has 2 aliphatic rings. The molecule has 0 saturated heterocycles. The van der Waals surface area contributed by atoms with Crippen LogP contribution in [0.4, 0.5) is 0 Å². The Balaban J connectivity index is 2.16. The van der Waals surface area contributed by atoms with E-state index in [1.807, 2.05) is 12.1 Å². The maximum Gasteiger partial charge on any atom is 0.332 e. The lowest BCUT2D eigenvalue weighted by Gasteiger charge is -2.29. The minimum absolute atomic E-state index is 0.555. The summed E-state index contributed by atoms with van der Waals surface area (Å²) in [6, 6.07) is 0.906. The van der Waals surface area contributed by atoms with Gasteiger partial charge in [-0.25, -0.2) is 15.6 Å². The molecule has 4 rings (SSSR count). The van der Waals surface area contributed by atoms with Crippen molar-refractivity contribution in [3.05, 3.63) is 47.4 Å². The van der Waals surface area contributed by atoms with Crippen molar-refractivity contribution in [1.29, 1.82) is 0 Å². The molecule has 3 heterocycles. The van der Waals surface area contributed by atoms with E-state index in [1.165, 1.54) is 9.69 Å². The summed E-state index contributed by atoms with van der Waals surface area (Å²) in [5.41, 5.74) is 3.83. The summed E-state index contributed by atoms with van der Waals surface area (Å²) in [5, 5.41) is 11.8. The van der Waals surface area contributed by atoms with Crippen LogP contribution in [0, 0.1) is 0 Å². The first-order chi connectivity index (χ1) is 10.6. The van der Waals surface area contributed by atoms with Gasteiger partial charge in [-0.15, -0.1) is 0 Å². The van der Waals surface area contributed by atoms with Crippen molar-refractivity contribution in [3.8, 4) is 0 Å². The van der Waals surface area contributed by atoms with Gasteiger partial charge in [-0.05, 0) is 24.5 Å². The molecule has 1 unspecified atom stereocenters. The second-order valence-electron chi connectivity index (χ2n) is 5.50. The van der Waals surface area contributed by atoms with Crippen LogP contribution in [0.2, 0.25) is 0 Å². The van der Waals surface area contributed by atoms with Gasteiger partial charge in [-0.2, -0.15) is 0 Å². The molecule has 0 saturated carbocycles. The van der Waals surface area contributed by atoms with E-state index >= 15 is 0 Å². The van der Waals surface area contributed by atoms with Gasteiger partial charge >= 0.3 is 5.97 Å². The first-order valence-electron chi connectivity index (χ1n) is 7.01. The Kier molecular flexibility index (Phi) is 2.55. The van der Waals surface area contributed by atoms with Gasteiger partial charge in [-0.3, -0.25) is 9.69 Å². The summed E-state index contributed by atoms with van der Waals surface area (Å²) in [6.07, 6.45) is 8.90. The van der Waals surface area contributed by atoms with E-state index in [9.17, 15) is 9.90 Å². The van der Waals surface area contributed by atoms with E-state index in [2.05, 4.69) is 11.1 Å². The maximum absolute atomic E-state index is 11.8. The molecule has 112 valence electrons. The zero-order valence-corrected chi connectivity index (χ0v) is 11.7. The smallest absolute Gasteiger partial charge is 0.332 e. The Morgan fingerprint density at radius 1 is 1.41 bits per heavy atom. The zero-order valence-electron chi connectivity index (χ0n) is 11.7. The number of allylic oxidation sites excluding steroid dienone is 4. The summed E-state index contributed by atoms with van der Waals surface area (Å²) in [5.74, 6) is 11.1. The highest BCUT2D eigenvalue weighted by atomic mass is 16.4. The largest absolute Gasteiger partial charge is 0.479 e. The van der Waals surface area contributed by atoms with Crippen molar-refractivity contribution in [3.63, 3.8) is 0 Å². The van der Waals surface area contributed by atoms with Crippen LogP contribution >= 0.6 is 0 Å².